The van der Waals surface area contributed by atoms with Gasteiger partial charge in [-0.25, -0.2) is 4.79 Å². The van der Waals surface area contributed by atoms with Gasteiger partial charge in [0.15, 0.2) is 0 Å². The number of nitrogens with one attached hydrogen (secondary N) is 2. The minimum absolute atomic E-state index is 0.0427. The molecular formula is C25H29N5O4. The van der Waals surface area contributed by atoms with Crippen LogP contribution in [0, 0.1) is 12.8 Å². The Bertz CT molecular complexity index is 1080. The van der Waals surface area contributed by atoms with Gasteiger partial charge in [-0.3, -0.25) is 24.3 Å². The number of amides is 5. The van der Waals surface area contributed by atoms with Crippen molar-refractivity contribution in [3.05, 3.63) is 65.5 Å². The molecule has 2 fully saturated rings. The summed E-state index contributed by atoms with van der Waals surface area (Å²) < 4.78 is 0. The molecule has 0 aliphatic carbocycles. The molecule has 4 rings (SSSR count). The molecule has 5 amide bonds. The first kappa shape index (κ1) is 23.4. The third kappa shape index (κ3) is 4.78. The molecule has 9 nitrogen and oxygen atoms in total. The van der Waals surface area contributed by atoms with Crippen LogP contribution in [-0.4, -0.2) is 58.2 Å². The molecule has 1 atom stereocenters. The average molecular weight is 464 g/mol. The average Bonchev–Trinajstić information content (AvgIpc) is 3.07. The van der Waals surface area contributed by atoms with Gasteiger partial charge in [-0.2, -0.15) is 0 Å². The van der Waals surface area contributed by atoms with Crippen molar-refractivity contribution in [1.29, 1.82) is 0 Å². The highest BCUT2D eigenvalue weighted by molar-refractivity contribution is 6.09. The van der Waals surface area contributed by atoms with Crippen LogP contribution in [0.3, 0.4) is 0 Å². The number of imide groups is 1. The third-order valence-corrected chi connectivity index (χ3v) is 6.61. The van der Waals surface area contributed by atoms with Gasteiger partial charge in [0.1, 0.15) is 12.1 Å². The Hall–Kier alpha value is -3.75. The molecule has 1 unspecified atom stereocenters. The Morgan fingerprint density at radius 1 is 1.15 bits per heavy atom. The van der Waals surface area contributed by atoms with Crippen LogP contribution in [0.2, 0.25) is 0 Å². The molecular weight excluding hydrogens is 434 g/mol. The zero-order valence-electron chi connectivity index (χ0n) is 19.4. The van der Waals surface area contributed by atoms with Crippen molar-refractivity contribution in [2.24, 2.45) is 5.92 Å². The fourth-order valence-electron chi connectivity index (χ4n) is 4.39. The molecule has 0 saturated carbocycles. The lowest BCUT2D eigenvalue weighted by Gasteiger charge is -2.32. The summed E-state index contributed by atoms with van der Waals surface area (Å²) in [4.78, 5) is 57.6. The monoisotopic (exact) mass is 463 g/mol. The SMILES string of the molecule is Cc1ccc(C2(C)NC(=O)N(CC(=O)N3CCC(C(=O)NCc4cccnc4)CC3)C2=O)cc1. The van der Waals surface area contributed by atoms with Crippen LogP contribution in [0.15, 0.2) is 48.8 Å². The van der Waals surface area contributed by atoms with E-state index in [0.29, 0.717) is 38.0 Å². The number of urea groups is 1. The lowest BCUT2D eigenvalue weighted by atomic mass is 9.91. The minimum Gasteiger partial charge on any atom is -0.352 e. The number of hydrogen-bond donors (Lipinski definition) is 2. The van der Waals surface area contributed by atoms with E-state index in [4.69, 9.17) is 0 Å². The van der Waals surface area contributed by atoms with E-state index in [1.54, 1.807) is 24.2 Å². The normalized spacial score (nSPS) is 20.9. The lowest BCUT2D eigenvalue weighted by molar-refractivity contribution is -0.140. The zero-order chi connectivity index (χ0) is 24.3. The number of likely N-dealkylation sites (tertiary alicyclic amines) is 1. The van der Waals surface area contributed by atoms with Crippen LogP contribution in [0.5, 0.6) is 0 Å². The summed E-state index contributed by atoms with van der Waals surface area (Å²) in [5.74, 6) is -0.966. The van der Waals surface area contributed by atoms with Crippen LogP contribution < -0.4 is 10.6 Å². The molecule has 2 aliphatic rings. The number of piperidine rings is 1. The van der Waals surface area contributed by atoms with Crippen LogP contribution in [0.4, 0.5) is 4.79 Å². The Morgan fingerprint density at radius 3 is 2.50 bits per heavy atom. The quantitative estimate of drug-likeness (QED) is 0.634. The van der Waals surface area contributed by atoms with E-state index in [2.05, 4.69) is 15.6 Å². The van der Waals surface area contributed by atoms with Crippen molar-refractivity contribution in [2.45, 2.75) is 38.8 Å². The zero-order valence-corrected chi connectivity index (χ0v) is 19.4. The number of nitrogens with zero attached hydrogens (tertiary/aromatic N) is 3. The van der Waals surface area contributed by atoms with Crippen LogP contribution in [0.1, 0.15) is 36.5 Å². The summed E-state index contributed by atoms with van der Waals surface area (Å²) in [6.45, 7) is 4.50. The van der Waals surface area contributed by atoms with E-state index in [1.165, 1.54) is 0 Å². The molecule has 3 heterocycles. The van der Waals surface area contributed by atoms with Crippen molar-refractivity contribution in [1.82, 2.24) is 25.4 Å². The first-order valence-corrected chi connectivity index (χ1v) is 11.4. The van der Waals surface area contributed by atoms with Gasteiger partial charge >= 0.3 is 6.03 Å². The molecule has 0 bridgehead atoms. The summed E-state index contributed by atoms with van der Waals surface area (Å²) in [7, 11) is 0. The highest BCUT2D eigenvalue weighted by Gasteiger charge is 2.49. The van der Waals surface area contributed by atoms with Gasteiger partial charge in [-0.05, 0) is 43.9 Å². The Kier molecular flexibility index (Phi) is 6.63. The fourth-order valence-corrected chi connectivity index (χ4v) is 4.39. The summed E-state index contributed by atoms with van der Waals surface area (Å²) in [6.07, 6.45) is 4.46. The maximum atomic E-state index is 13.1. The fraction of sp³-hybridized carbons (Fsp3) is 0.400. The van der Waals surface area contributed by atoms with E-state index < -0.39 is 17.5 Å². The molecule has 1 aromatic carbocycles. The number of aryl methyl sites for hydroxylation is 1. The van der Waals surface area contributed by atoms with Crippen molar-refractivity contribution in [2.75, 3.05) is 19.6 Å². The predicted octanol–water partition coefficient (Wildman–Crippen LogP) is 1.71. The minimum atomic E-state index is -1.20. The largest absolute Gasteiger partial charge is 0.352 e. The lowest BCUT2D eigenvalue weighted by Crippen LogP contribution is -2.48. The van der Waals surface area contributed by atoms with Crippen LogP contribution in [-0.2, 0) is 26.5 Å². The van der Waals surface area contributed by atoms with Crippen LogP contribution in [0.25, 0.3) is 0 Å². The highest BCUT2D eigenvalue weighted by atomic mass is 16.2. The summed E-state index contributed by atoms with van der Waals surface area (Å²) in [5, 5.41) is 5.66. The van der Waals surface area contributed by atoms with Crippen molar-refractivity contribution < 1.29 is 19.2 Å². The highest BCUT2D eigenvalue weighted by Crippen LogP contribution is 2.29. The molecule has 2 aliphatic heterocycles. The van der Waals surface area contributed by atoms with Gasteiger partial charge in [-0.1, -0.05) is 35.9 Å². The molecule has 2 N–H and O–H groups in total. The smallest absolute Gasteiger partial charge is 0.325 e. The van der Waals surface area contributed by atoms with E-state index in [-0.39, 0.29) is 24.3 Å². The van der Waals surface area contributed by atoms with Gasteiger partial charge in [0.2, 0.25) is 11.8 Å². The van der Waals surface area contributed by atoms with Gasteiger partial charge in [0, 0.05) is 37.9 Å². The number of rotatable bonds is 6. The van der Waals surface area contributed by atoms with E-state index >= 15 is 0 Å². The second kappa shape index (κ2) is 9.62. The summed E-state index contributed by atoms with van der Waals surface area (Å²) in [6, 6.07) is 10.5. The molecule has 34 heavy (non-hydrogen) atoms. The second-order valence-electron chi connectivity index (χ2n) is 9.05. The molecule has 1 aromatic heterocycles. The van der Waals surface area contributed by atoms with Gasteiger partial charge < -0.3 is 15.5 Å². The number of hydrogen-bond acceptors (Lipinski definition) is 5. The van der Waals surface area contributed by atoms with E-state index in [1.807, 2.05) is 43.3 Å². The van der Waals surface area contributed by atoms with E-state index in [0.717, 1.165) is 16.0 Å². The Balaban J connectivity index is 1.30. The number of carbonyl (C=O) groups is 4. The molecule has 0 radical (unpaired) electrons. The second-order valence-corrected chi connectivity index (χ2v) is 9.05. The van der Waals surface area contributed by atoms with Gasteiger partial charge in [0.25, 0.3) is 5.91 Å². The summed E-state index contributed by atoms with van der Waals surface area (Å²) in [5.41, 5.74) is 1.44. The molecule has 2 saturated heterocycles. The number of aromatic nitrogens is 1. The number of benzene rings is 1. The van der Waals surface area contributed by atoms with Gasteiger partial charge in [-0.15, -0.1) is 0 Å². The van der Waals surface area contributed by atoms with Crippen LogP contribution >= 0.6 is 0 Å². The molecule has 2 aromatic rings. The molecule has 9 heteroatoms. The number of carbonyl (C=O) groups excluding carboxylic acids is 4. The Labute approximate surface area is 198 Å². The standard InChI is InChI=1S/C25H29N5O4/c1-17-5-7-20(8-6-17)25(2)23(33)30(24(34)28-25)16-21(31)29-12-9-19(10-13-29)22(32)27-15-18-4-3-11-26-14-18/h3-8,11,14,19H,9-10,12-13,15-16H2,1-2H3,(H,27,32)(H,28,34). The maximum Gasteiger partial charge on any atom is 0.325 e. The van der Waals surface area contributed by atoms with Gasteiger partial charge in [0.05, 0.1) is 0 Å². The Morgan fingerprint density at radius 2 is 1.85 bits per heavy atom. The first-order chi connectivity index (χ1) is 16.3. The third-order valence-electron chi connectivity index (χ3n) is 6.61. The summed E-state index contributed by atoms with van der Waals surface area (Å²) >= 11 is 0. The molecule has 178 valence electrons. The van der Waals surface area contributed by atoms with Crippen molar-refractivity contribution in [3.8, 4) is 0 Å². The van der Waals surface area contributed by atoms with E-state index in [9.17, 15) is 19.2 Å². The van der Waals surface area contributed by atoms with Crippen molar-refractivity contribution >= 4 is 23.8 Å². The topological polar surface area (TPSA) is 112 Å². The van der Waals surface area contributed by atoms with Crippen molar-refractivity contribution in [3.63, 3.8) is 0 Å². The molecule has 0 spiro atoms. The number of pyridine rings is 1. The first-order valence-electron chi connectivity index (χ1n) is 11.4. The predicted molar refractivity (Wildman–Crippen MR) is 124 cm³/mol. The maximum absolute atomic E-state index is 13.1.